The lowest BCUT2D eigenvalue weighted by Gasteiger charge is -2.28. The van der Waals surface area contributed by atoms with Gasteiger partial charge in [-0.2, -0.15) is 0 Å². The number of carboxylic acid groups (broad SMARTS) is 1. The number of aryl methyl sites for hydroxylation is 1. The van der Waals surface area contributed by atoms with Crippen molar-refractivity contribution < 1.29 is 14.7 Å². The number of hydrogen-bond donors (Lipinski definition) is 2. The first kappa shape index (κ1) is 17.9. The van der Waals surface area contributed by atoms with E-state index >= 15 is 0 Å². The fourth-order valence-electron chi connectivity index (χ4n) is 1.72. The number of amides is 1. The van der Waals surface area contributed by atoms with Gasteiger partial charge in [0.15, 0.2) is 0 Å². The van der Waals surface area contributed by atoms with Crippen molar-refractivity contribution in [2.75, 3.05) is 0 Å². The summed E-state index contributed by atoms with van der Waals surface area (Å²) in [5, 5.41) is 12.0. The summed E-state index contributed by atoms with van der Waals surface area (Å²) in [5.74, 6) is -1.16. The van der Waals surface area contributed by atoms with E-state index in [0.717, 1.165) is 5.56 Å². The van der Waals surface area contributed by atoms with Crippen molar-refractivity contribution in [3.63, 3.8) is 0 Å². The molecule has 1 heterocycles. The van der Waals surface area contributed by atoms with Crippen molar-refractivity contribution in [2.45, 2.75) is 41.0 Å². The van der Waals surface area contributed by atoms with Gasteiger partial charge in [0.2, 0.25) is 5.91 Å². The largest absolute Gasteiger partial charge is 0.478 e. The third kappa shape index (κ3) is 3.72. The van der Waals surface area contributed by atoms with E-state index in [1.54, 1.807) is 12.3 Å². The molecule has 0 atom stereocenters. The van der Waals surface area contributed by atoms with Crippen LogP contribution in [0, 0.1) is 11.3 Å². The van der Waals surface area contributed by atoms with Gasteiger partial charge in [-0.25, -0.2) is 4.79 Å². The van der Waals surface area contributed by atoms with Crippen molar-refractivity contribution in [1.29, 1.82) is 0 Å². The Morgan fingerprint density at radius 2 is 2.00 bits per heavy atom. The van der Waals surface area contributed by atoms with Gasteiger partial charge in [0.1, 0.15) is 5.69 Å². The van der Waals surface area contributed by atoms with Crippen LogP contribution >= 0.6 is 0 Å². The number of carbonyl (C=O) groups excluding carboxylic acids is 1. The molecule has 5 heteroatoms. The van der Waals surface area contributed by atoms with Crippen LogP contribution in [0.5, 0.6) is 0 Å². The topological polar surface area (TPSA) is 79.3 Å². The maximum Gasteiger partial charge on any atom is 0.337 e. The number of aromatic carboxylic acids is 1. The number of pyridine rings is 1. The van der Waals surface area contributed by atoms with E-state index in [9.17, 15) is 14.7 Å². The molecule has 0 fully saturated rings. The van der Waals surface area contributed by atoms with Crippen LogP contribution in [0.3, 0.4) is 0 Å². The highest BCUT2D eigenvalue weighted by Gasteiger charge is 2.32. The van der Waals surface area contributed by atoms with E-state index < -0.39 is 11.4 Å². The van der Waals surface area contributed by atoms with E-state index in [-0.39, 0.29) is 28.8 Å². The Bertz CT molecular complexity index is 604. The Morgan fingerprint density at radius 3 is 2.45 bits per heavy atom. The molecule has 0 radical (unpaired) electrons. The Labute approximate surface area is 131 Å². The summed E-state index contributed by atoms with van der Waals surface area (Å²) in [6.45, 7) is 13.3. The fourth-order valence-corrected chi connectivity index (χ4v) is 1.72. The summed E-state index contributed by atoms with van der Waals surface area (Å²) in [5.41, 5.74) is 0.682. The molecule has 0 aliphatic carbocycles. The highest BCUT2D eigenvalue weighted by molar-refractivity contribution is 5.96. The van der Waals surface area contributed by atoms with E-state index in [1.165, 1.54) is 0 Å². The normalized spacial score (nSPS) is 11.4. The highest BCUT2D eigenvalue weighted by atomic mass is 16.4. The van der Waals surface area contributed by atoms with Crippen molar-refractivity contribution in [2.24, 2.45) is 11.3 Å². The maximum absolute atomic E-state index is 12.3. The standard InChI is InChI=1S/C17H24N2O3/c1-7-12-8-13(15(20)21)14(18-9-12)11(4)19-16(22)17(5,6)10(2)3/h8-10H,4,7H2,1-3,5-6H3,(H,19,22)(H,20,21). The number of carboxylic acids is 1. The second-order valence-electron chi connectivity index (χ2n) is 6.21. The number of carbonyl (C=O) groups is 2. The lowest BCUT2D eigenvalue weighted by molar-refractivity contribution is -0.130. The van der Waals surface area contributed by atoms with Gasteiger partial charge in [-0.15, -0.1) is 0 Å². The van der Waals surface area contributed by atoms with Gasteiger partial charge in [-0.1, -0.05) is 41.2 Å². The van der Waals surface area contributed by atoms with Crippen molar-refractivity contribution >= 4 is 17.6 Å². The van der Waals surface area contributed by atoms with Crippen LogP contribution in [-0.2, 0) is 11.2 Å². The minimum Gasteiger partial charge on any atom is -0.478 e. The zero-order valence-corrected chi connectivity index (χ0v) is 13.9. The minimum atomic E-state index is -1.09. The Morgan fingerprint density at radius 1 is 1.41 bits per heavy atom. The molecule has 1 aromatic heterocycles. The van der Waals surface area contributed by atoms with Gasteiger partial charge in [0, 0.05) is 11.6 Å². The number of nitrogens with zero attached hydrogens (tertiary/aromatic N) is 1. The Hall–Kier alpha value is -2.17. The maximum atomic E-state index is 12.3. The number of nitrogens with one attached hydrogen (secondary N) is 1. The van der Waals surface area contributed by atoms with Crippen LogP contribution in [0.1, 0.15) is 56.2 Å². The second kappa shape index (κ2) is 6.73. The van der Waals surface area contributed by atoms with Crippen molar-refractivity contribution in [3.05, 3.63) is 35.7 Å². The molecule has 1 aromatic rings. The lowest BCUT2D eigenvalue weighted by Crippen LogP contribution is -2.39. The second-order valence-corrected chi connectivity index (χ2v) is 6.21. The van der Waals surface area contributed by atoms with Gasteiger partial charge >= 0.3 is 5.97 Å². The zero-order chi connectivity index (χ0) is 17.1. The quantitative estimate of drug-likeness (QED) is 0.846. The highest BCUT2D eigenvalue weighted by Crippen LogP contribution is 2.27. The molecule has 0 saturated heterocycles. The molecule has 22 heavy (non-hydrogen) atoms. The van der Waals surface area contributed by atoms with E-state index in [1.807, 2.05) is 34.6 Å². The number of rotatable bonds is 6. The molecule has 0 aliphatic heterocycles. The molecule has 5 nitrogen and oxygen atoms in total. The predicted molar refractivity (Wildman–Crippen MR) is 86.4 cm³/mol. The monoisotopic (exact) mass is 304 g/mol. The molecule has 0 aliphatic rings. The van der Waals surface area contributed by atoms with Crippen LogP contribution in [0.15, 0.2) is 18.8 Å². The first-order valence-corrected chi connectivity index (χ1v) is 7.34. The van der Waals surface area contributed by atoms with Crippen LogP contribution < -0.4 is 5.32 Å². The summed E-state index contributed by atoms with van der Waals surface area (Å²) in [7, 11) is 0. The zero-order valence-electron chi connectivity index (χ0n) is 13.9. The van der Waals surface area contributed by atoms with Crippen LogP contribution in [0.2, 0.25) is 0 Å². The molecule has 2 N–H and O–H groups in total. The van der Waals surface area contributed by atoms with Gasteiger partial charge in [0.25, 0.3) is 0 Å². The summed E-state index contributed by atoms with van der Waals surface area (Å²) >= 11 is 0. The smallest absolute Gasteiger partial charge is 0.337 e. The lowest BCUT2D eigenvalue weighted by atomic mass is 9.80. The number of aromatic nitrogens is 1. The predicted octanol–water partition coefficient (Wildman–Crippen LogP) is 3.11. The van der Waals surface area contributed by atoms with Gasteiger partial charge < -0.3 is 10.4 Å². The van der Waals surface area contributed by atoms with Crippen molar-refractivity contribution in [3.8, 4) is 0 Å². The third-order valence-corrected chi connectivity index (χ3v) is 4.16. The fraction of sp³-hybridized carbons (Fsp3) is 0.471. The molecule has 1 rings (SSSR count). The average molecular weight is 304 g/mol. The molecule has 0 spiro atoms. The molecule has 0 unspecified atom stereocenters. The Kier molecular flexibility index (Phi) is 5.47. The van der Waals surface area contributed by atoms with Gasteiger partial charge in [-0.05, 0) is 24.0 Å². The average Bonchev–Trinajstić information content (AvgIpc) is 2.45. The molecular weight excluding hydrogens is 280 g/mol. The minimum absolute atomic E-state index is 0.0482. The summed E-state index contributed by atoms with van der Waals surface area (Å²) < 4.78 is 0. The molecule has 0 saturated carbocycles. The van der Waals surface area contributed by atoms with Crippen LogP contribution in [-0.4, -0.2) is 22.0 Å². The molecule has 120 valence electrons. The van der Waals surface area contributed by atoms with Gasteiger partial charge in [0.05, 0.1) is 11.3 Å². The molecule has 0 aromatic carbocycles. The summed E-state index contributed by atoms with van der Waals surface area (Å²) in [6.07, 6.45) is 2.29. The summed E-state index contributed by atoms with van der Waals surface area (Å²) in [6, 6.07) is 1.57. The third-order valence-electron chi connectivity index (χ3n) is 4.16. The molecular formula is C17H24N2O3. The van der Waals surface area contributed by atoms with E-state index in [0.29, 0.717) is 6.42 Å². The van der Waals surface area contributed by atoms with E-state index in [4.69, 9.17) is 0 Å². The van der Waals surface area contributed by atoms with Crippen molar-refractivity contribution in [1.82, 2.24) is 10.3 Å². The number of hydrogen-bond acceptors (Lipinski definition) is 3. The first-order chi connectivity index (χ1) is 10.1. The van der Waals surface area contributed by atoms with E-state index in [2.05, 4.69) is 16.9 Å². The molecule has 0 bridgehead atoms. The first-order valence-electron chi connectivity index (χ1n) is 7.34. The van der Waals surface area contributed by atoms with Crippen LogP contribution in [0.4, 0.5) is 0 Å². The molecule has 1 amide bonds. The van der Waals surface area contributed by atoms with Crippen LogP contribution in [0.25, 0.3) is 5.70 Å². The summed E-state index contributed by atoms with van der Waals surface area (Å²) in [4.78, 5) is 27.9. The SMILES string of the molecule is C=C(NC(=O)C(C)(C)C(C)C)c1ncc(CC)cc1C(=O)O. The Balaban J connectivity index is 3.09. The van der Waals surface area contributed by atoms with Gasteiger partial charge in [-0.3, -0.25) is 9.78 Å².